The molecule has 7 rings (SSSR count). The van der Waals surface area contributed by atoms with Crippen LogP contribution in [0.1, 0.15) is 27.8 Å². The van der Waals surface area contributed by atoms with E-state index < -0.39 is 45.9 Å². The third-order valence-electron chi connectivity index (χ3n) is 7.21. The second-order valence-electron chi connectivity index (χ2n) is 8.88. The van der Waals surface area contributed by atoms with Gasteiger partial charge in [-0.15, -0.1) is 23.2 Å². The lowest BCUT2D eigenvalue weighted by atomic mass is 9.54. The summed E-state index contributed by atoms with van der Waals surface area (Å²) in [6.07, 6.45) is 0. The van der Waals surface area contributed by atoms with Crippen LogP contribution in [0.5, 0.6) is 0 Å². The van der Waals surface area contributed by atoms with Crippen molar-refractivity contribution in [2.75, 3.05) is 6.54 Å². The van der Waals surface area contributed by atoms with E-state index in [0.717, 1.165) is 32.7 Å². The smallest absolute Gasteiger partial charge is 0.326 e. The Bertz CT molecular complexity index is 1230. The van der Waals surface area contributed by atoms with Crippen LogP contribution in [0.4, 0.5) is 0 Å². The summed E-state index contributed by atoms with van der Waals surface area (Å²) < 4.78 is 5.33. The molecule has 1 heterocycles. The van der Waals surface area contributed by atoms with Crippen molar-refractivity contribution in [1.29, 1.82) is 0 Å². The first-order chi connectivity index (χ1) is 16.4. The molecule has 170 valence electrons. The molecule has 2 amide bonds. The number of carbonyl (C=O) groups is 3. The maximum absolute atomic E-state index is 13.7. The minimum absolute atomic E-state index is 0.0541. The Morgan fingerprint density at radius 3 is 1.59 bits per heavy atom. The Kier molecular flexibility index (Phi) is 4.67. The fraction of sp³-hybridized carbons (Fsp3) is 0.222. The zero-order valence-electron chi connectivity index (χ0n) is 17.9. The second kappa shape index (κ2) is 7.42. The van der Waals surface area contributed by atoms with Crippen molar-refractivity contribution in [1.82, 2.24) is 4.90 Å². The first-order valence-corrected chi connectivity index (χ1v) is 11.8. The average molecular weight is 492 g/mol. The van der Waals surface area contributed by atoms with Gasteiger partial charge in [0.25, 0.3) is 0 Å². The van der Waals surface area contributed by atoms with Gasteiger partial charge in [-0.05, 0) is 27.8 Å². The van der Waals surface area contributed by atoms with Gasteiger partial charge in [-0.1, -0.05) is 78.9 Å². The summed E-state index contributed by atoms with van der Waals surface area (Å²) in [6.45, 7) is -0.428. The standard InChI is InChI=1S/C27H19Cl2NO4/c28-26-17-10-4-5-11-18(17)27(29,20-13-7-6-12-19(20)26)23-22(26)24(32)30(25(23)33)14-21(31)34-15-16-8-2-1-3-9-16/h1-13,22-23H,14-15H2/t22-,23-,26?,27?/m0/s1. The number of hydrogen-bond acceptors (Lipinski definition) is 4. The van der Waals surface area contributed by atoms with E-state index in [1.165, 1.54) is 0 Å². The molecule has 1 aliphatic heterocycles. The number of halogens is 2. The van der Waals surface area contributed by atoms with E-state index in [9.17, 15) is 14.4 Å². The van der Waals surface area contributed by atoms with Gasteiger partial charge in [0.2, 0.25) is 11.8 Å². The summed E-state index contributed by atoms with van der Waals surface area (Å²) in [5, 5.41) is 0. The molecular weight excluding hydrogens is 473 g/mol. The molecular formula is C27H19Cl2NO4. The van der Waals surface area contributed by atoms with Gasteiger partial charge in [0.05, 0.1) is 11.8 Å². The number of esters is 1. The van der Waals surface area contributed by atoms with Crippen LogP contribution in [0.25, 0.3) is 0 Å². The molecule has 0 spiro atoms. The monoisotopic (exact) mass is 491 g/mol. The Balaban J connectivity index is 1.38. The van der Waals surface area contributed by atoms with Crippen molar-refractivity contribution in [3.05, 3.63) is 107 Å². The van der Waals surface area contributed by atoms with Gasteiger partial charge in [0.15, 0.2) is 0 Å². The minimum Gasteiger partial charge on any atom is -0.459 e. The zero-order chi connectivity index (χ0) is 23.7. The van der Waals surface area contributed by atoms with E-state index in [1.54, 1.807) is 0 Å². The quantitative estimate of drug-likeness (QED) is 0.309. The molecule has 0 radical (unpaired) electrons. The van der Waals surface area contributed by atoms with Gasteiger partial charge in [-0.25, -0.2) is 0 Å². The van der Waals surface area contributed by atoms with Crippen LogP contribution < -0.4 is 0 Å². The molecule has 3 aliphatic carbocycles. The van der Waals surface area contributed by atoms with Gasteiger partial charge < -0.3 is 4.74 Å². The highest BCUT2D eigenvalue weighted by molar-refractivity contribution is 6.36. The lowest BCUT2D eigenvalue weighted by Crippen LogP contribution is -2.57. The van der Waals surface area contributed by atoms with E-state index in [1.807, 2.05) is 78.9 Å². The first kappa shape index (κ1) is 21.4. The van der Waals surface area contributed by atoms with Crippen molar-refractivity contribution in [2.24, 2.45) is 11.8 Å². The summed E-state index contributed by atoms with van der Waals surface area (Å²) in [4.78, 5) is 38.4. The molecule has 7 heteroatoms. The number of ether oxygens (including phenoxy) is 1. The number of rotatable bonds is 4. The van der Waals surface area contributed by atoms with E-state index in [-0.39, 0.29) is 6.61 Å². The van der Waals surface area contributed by atoms with Crippen molar-refractivity contribution >= 4 is 41.0 Å². The number of imide groups is 1. The highest BCUT2D eigenvalue weighted by Crippen LogP contribution is 2.69. The number of amides is 2. The topological polar surface area (TPSA) is 63.7 Å². The molecule has 3 aromatic carbocycles. The molecule has 2 bridgehead atoms. The lowest BCUT2D eigenvalue weighted by Gasteiger charge is -2.54. The van der Waals surface area contributed by atoms with Crippen molar-refractivity contribution in [2.45, 2.75) is 16.4 Å². The van der Waals surface area contributed by atoms with Crippen LogP contribution in [0.15, 0.2) is 78.9 Å². The maximum Gasteiger partial charge on any atom is 0.326 e. The molecule has 34 heavy (non-hydrogen) atoms. The number of benzene rings is 3. The Morgan fingerprint density at radius 1 is 0.735 bits per heavy atom. The fourth-order valence-corrected chi connectivity index (χ4v) is 6.89. The summed E-state index contributed by atoms with van der Waals surface area (Å²) >= 11 is 14.7. The number of hydrogen-bond donors (Lipinski definition) is 0. The van der Waals surface area contributed by atoms with E-state index in [4.69, 9.17) is 27.9 Å². The number of nitrogens with zero attached hydrogens (tertiary/aromatic N) is 1. The van der Waals surface area contributed by atoms with E-state index in [0.29, 0.717) is 0 Å². The van der Waals surface area contributed by atoms with Gasteiger partial charge in [0.1, 0.15) is 22.9 Å². The zero-order valence-corrected chi connectivity index (χ0v) is 19.4. The molecule has 1 saturated heterocycles. The Hall–Kier alpha value is -3.15. The molecule has 3 aromatic rings. The highest BCUT2D eigenvalue weighted by Gasteiger charge is 2.73. The molecule has 1 fully saturated rings. The summed E-state index contributed by atoms with van der Waals surface area (Å²) in [5.41, 5.74) is 3.71. The molecule has 2 atom stereocenters. The van der Waals surface area contributed by atoms with E-state index in [2.05, 4.69) is 0 Å². The Labute approximate surface area is 206 Å². The minimum atomic E-state index is -1.26. The Morgan fingerprint density at radius 2 is 1.15 bits per heavy atom. The lowest BCUT2D eigenvalue weighted by molar-refractivity contribution is -0.153. The first-order valence-electron chi connectivity index (χ1n) is 11.0. The summed E-state index contributed by atoms with van der Waals surface area (Å²) in [7, 11) is 0. The normalized spacial score (nSPS) is 28.4. The van der Waals surface area contributed by atoms with Crippen LogP contribution >= 0.6 is 23.2 Å². The number of carbonyl (C=O) groups excluding carboxylic acids is 3. The van der Waals surface area contributed by atoms with Crippen LogP contribution in [-0.2, 0) is 35.5 Å². The van der Waals surface area contributed by atoms with Crippen LogP contribution in [0.2, 0.25) is 0 Å². The SMILES string of the molecule is O=C(CN1C(=O)[C@@H]2[C@@H](C1=O)C1(Cl)c3ccccc3C2(Cl)c2ccccc21)OCc1ccccc1. The fourth-order valence-electron chi connectivity index (χ4n) is 5.79. The molecule has 0 aromatic heterocycles. The molecule has 0 unspecified atom stereocenters. The van der Waals surface area contributed by atoms with Gasteiger partial charge >= 0.3 is 5.97 Å². The molecule has 0 N–H and O–H groups in total. The summed E-state index contributed by atoms with van der Waals surface area (Å²) in [6, 6.07) is 24.0. The van der Waals surface area contributed by atoms with Gasteiger partial charge in [0, 0.05) is 0 Å². The van der Waals surface area contributed by atoms with Crippen LogP contribution in [0.3, 0.4) is 0 Å². The molecule has 5 nitrogen and oxygen atoms in total. The predicted octanol–water partition coefficient (Wildman–Crippen LogP) is 4.32. The highest BCUT2D eigenvalue weighted by atomic mass is 35.5. The average Bonchev–Trinajstić information content (AvgIpc) is 3.12. The van der Waals surface area contributed by atoms with E-state index >= 15 is 0 Å². The predicted molar refractivity (Wildman–Crippen MR) is 126 cm³/mol. The molecule has 0 saturated carbocycles. The number of likely N-dealkylation sites (tertiary alicyclic amines) is 1. The van der Waals surface area contributed by atoms with Gasteiger partial charge in [-0.3, -0.25) is 19.3 Å². The van der Waals surface area contributed by atoms with Gasteiger partial charge in [-0.2, -0.15) is 0 Å². The van der Waals surface area contributed by atoms with Crippen LogP contribution in [-0.4, -0.2) is 29.2 Å². The van der Waals surface area contributed by atoms with Crippen molar-refractivity contribution < 1.29 is 19.1 Å². The van der Waals surface area contributed by atoms with Crippen molar-refractivity contribution in [3.63, 3.8) is 0 Å². The third-order valence-corrected chi connectivity index (χ3v) is 8.49. The van der Waals surface area contributed by atoms with Crippen LogP contribution in [0, 0.1) is 11.8 Å². The maximum atomic E-state index is 13.7. The largest absolute Gasteiger partial charge is 0.459 e. The molecule has 4 aliphatic rings. The summed E-state index contributed by atoms with van der Waals surface area (Å²) in [5.74, 6) is -3.53. The third kappa shape index (κ3) is 2.65. The second-order valence-corrected chi connectivity index (χ2v) is 10.1. The number of alkyl halides is 2. The van der Waals surface area contributed by atoms with Crippen molar-refractivity contribution in [3.8, 4) is 0 Å².